The zero-order valence-corrected chi connectivity index (χ0v) is 14.6. The molecule has 0 radical (unpaired) electrons. The summed E-state index contributed by atoms with van der Waals surface area (Å²) in [5.74, 6) is -0.451. The van der Waals surface area contributed by atoms with Crippen LogP contribution in [0.1, 0.15) is 19.8 Å². The van der Waals surface area contributed by atoms with Gasteiger partial charge in [-0.3, -0.25) is 14.4 Å². The fourth-order valence-electron chi connectivity index (χ4n) is 3.77. The van der Waals surface area contributed by atoms with Gasteiger partial charge in [0.1, 0.15) is 0 Å². The number of rotatable bonds is 2. The molecule has 0 N–H and O–H groups in total. The Labute approximate surface area is 141 Å². The van der Waals surface area contributed by atoms with Crippen molar-refractivity contribution in [3.05, 3.63) is 0 Å². The Morgan fingerprint density at radius 1 is 1.08 bits per heavy atom. The molecule has 0 saturated carbocycles. The summed E-state index contributed by atoms with van der Waals surface area (Å²) < 4.78 is 23.2. The smallest absolute Gasteiger partial charge is 0.228 e. The van der Waals surface area contributed by atoms with Crippen LogP contribution >= 0.6 is 0 Å². The second-order valence-electron chi connectivity index (χ2n) is 6.84. The first-order chi connectivity index (χ1) is 11.3. The topological polar surface area (TPSA) is 95.1 Å². The molecule has 3 aliphatic rings. The molecule has 3 amide bonds. The summed E-state index contributed by atoms with van der Waals surface area (Å²) in [6.45, 7) is 3.84. The Morgan fingerprint density at radius 2 is 1.71 bits per heavy atom. The van der Waals surface area contributed by atoms with Crippen LogP contribution in [-0.4, -0.2) is 91.1 Å². The minimum Gasteiger partial charge on any atom is -0.339 e. The fourth-order valence-corrected chi connectivity index (χ4v) is 5.50. The van der Waals surface area contributed by atoms with E-state index in [2.05, 4.69) is 0 Å². The number of sulfone groups is 1. The van der Waals surface area contributed by atoms with Gasteiger partial charge in [-0.25, -0.2) is 8.42 Å². The van der Waals surface area contributed by atoms with E-state index in [1.54, 1.807) is 14.7 Å². The number of carbonyl (C=O) groups is 3. The summed E-state index contributed by atoms with van der Waals surface area (Å²) in [5, 5.41) is 0. The Bertz CT molecular complexity index is 654. The molecule has 8 nitrogen and oxygen atoms in total. The van der Waals surface area contributed by atoms with Crippen molar-refractivity contribution in [3.8, 4) is 0 Å². The van der Waals surface area contributed by atoms with Gasteiger partial charge in [0.05, 0.1) is 17.4 Å². The summed E-state index contributed by atoms with van der Waals surface area (Å²) in [6.07, 6.45) is 0.620. The first-order valence-corrected chi connectivity index (χ1v) is 10.1. The average Bonchev–Trinajstić information content (AvgIpc) is 3.09. The van der Waals surface area contributed by atoms with Gasteiger partial charge in [0, 0.05) is 52.1 Å². The van der Waals surface area contributed by atoms with Crippen molar-refractivity contribution in [1.29, 1.82) is 0 Å². The van der Waals surface area contributed by atoms with E-state index in [9.17, 15) is 22.8 Å². The molecule has 0 aromatic heterocycles. The van der Waals surface area contributed by atoms with Crippen LogP contribution in [0.3, 0.4) is 0 Å². The molecule has 134 valence electrons. The van der Waals surface area contributed by atoms with Gasteiger partial charge in [0.25, 0.3) is 0 Å². The van der Waals surface area contributed by atoms with E-state index in [1.165, 1.54) is 6.92 Å². The molecular weight excluding hydrogens is 334 g/mol. The van der Waals surface area contributed by atoms with E-state index >= 15 is 0 Å². The van der Waals surface area contributed by atoms with Crippen molar-refractivity contribution in [3.63, 3.8) is 0 Å². The third-order valence-corrected chi connectivity index (χ3v) is 6.94. The van der Waals surface area contributed by atoms with Gasteiger partial charge in [-0.15, -0.1) is 0 Å². The van der Waals surface area contributed by atoms with Crippen LogP contribution in [0.25, 0.3) is 0 Å². The van der Waals surface area contributed by atoms with Crippen LogP contribution in [0.15, 0.2) is 0 Å². The fraction of sp³-hybridized carbons (Fsp3) is 0.800. The first-order valence-electron chi connectivity index (χ1n) is 8.31. The van der Waals surface area contributed by atoms with Gasteiger partial charge >= 0.3 is 0 Å². The van der Waals surface area contributed by atoms with Crippen LogP contribution in [-0.2, 0) is 24.2 Å². The average molecular weight is 357 g/mol. The van der Waals surface area contributed by atoms with E-state index in [-0.39, 0.29) is 41.7 Å². The predicted octanol–water partition coefficient (Wildman–Crippen LogP) is -1.29. The number of carbonyl (C=O) groups excluding carboxylic acids is 3. The molecule has 9 heteroatoms. The van der Waals surface area contributed by atoms with E-state index in [0.29, 0.717) is 39.1 Å². The van der Waals surface area contributed by atoms with Gasteiger partial charge in [-0.05, 0) is 6.42 Å². The number of piperazine rings is 1. The molecule has 0 aliphatic carbocycles. The minimum absolute atomic E-state index is 0.00626. The van der Waals surface area contributed by atoms with Crippen LogP contribution in [0.2, 0.25) is 0 Å². The third kappa shape index (κ3) is 3.40. The lowest BCUT2D eigenvalue weighted by atomic mass is 10.1. The molecule has 3 saturated heterocycles. The highest BCUT2D eigenvalue weighted by Gasteiger charge is 2.43. The summed E-state index contributed by atoms with van der Waals surface area (Å²) >= 11 is 0. The van der Waals surface area contributed by atoms with Crippen molar-refractivity contribution < 1.29 is 22.8 Å². The van der Waals surface area contributed by atoms with Crippen LogP contribution in [0.5, 0.6) is 0 Å². The second-order valence-corrected chi connectivity index (χ2v) is 9.06. The van der Waals surface area contributed by atoms with Crippen molar-refractivity contribution in [1.82, 2.24) is 14.7 Å². The molecule has 2 atom stereocenters. The molecule has 3 fully saturated rings. The SMILES string of the molecule is CC(=O)N1CCN(C(=O)C2CC(=O)N(C3CCS(=O)(=O)C3)C2)CC1. The van der Waals surface area contributed by atoms with E-state index in [0.717, 1.165) is 0 Å². The summed E-state index contributed by atoms with van der Waals surface area (Å²) in [4.78, 5) is 41.2. The van der Waals surface area contributed by atoms with Gasteiger partial charge in [0.2, 0.25) is 17.7 Å². The highest BCUT2D eigenvalue weighted by Crippen LogP contribution is 2.27. The number of hydrogen-bond acceptors (Lipinski definition) is 5. The van der Waals surface area contributed by atoms with Gasteiger partial charge in [0.15, 0.2) is 9.84 Å². The molecule has 24 heavy (non-hydrogen) atoms. The maximum Gasteiger partial charge on any atom is 0.228 e. The molecule has 0 bridgehead atoms. The normalized spacial score (nSPS) is 30.0. The third-order valence-electron chi connectivity index (χ3n) is 5.19. The second kappa shape index (κ2) is 6.34. The van der Waals surface area contributed by atoms with Crippen LogP contribution in [0, 0.1) is 5.92 Å². The van der Waals surface area contributed by atoms with Crippen LogP contribution in [0.4, 0.5) is 0 Å². The van der Waals surface area contributed by atoms with Crippen molar-refractivity contribution in [2.45, 2.75) is 25.8 Å². The van der Waals surface area contributed by atoms with Gasteiger partial charge in [-0.1, -0.05) is 0 Å². The lowest BCUT2D eigenvalue weighted by Crippen LogP contribution is -2.51. The standard InChI is InChI=1S/C15H23N3O5S/c1-11(19)16-3-5-17(6-4-16)15(21)12-8-14(20)18(9-12)13-2-7-24(22,23)10-13/h12-13H,2-10H2,1H3. The Morgan fingerprint density at radius 3 is 2.25 bits per heavy atom. The highest BCUT2D eigenvalue weighted by atomic mass is 32.2. The molecule has 2 unspecified atom stereocenters. The number of hydrogen-bond donors (Lipinski definition) is 0. The molecule has 0 aromatic rings. The summed E-state index contributed by atoms with van der Waals surface area (Å²) in [7, 11) is -3.06. The summed E-state index contributed by atoms with van der Waals surface area (Å²) in [5.41, 5.74) is 0. The zero-order chi connectivity index (χ0) is 17.5. The van der Waals surface area contributed by atoms with E-state index < -0.39 is 15.8 Å². The quantitative estimate of drug-likeness (QED) is 0.613. The molecular formula is C15H23N3O5S. The molecule has 3 aliphatic heterocycles. The number of amides is 3. The minimum atomic E-state index is -3.06. The predicted molar refractivity (Wildman–Crippen MR) is 85.7 cm³/mol. The Kier molecular flexibility index (Phi) is 4.54. The molecule has 3 rings (SSSR count). The van der Waals surface area contributed by atoms with Gasteiger partial charge < -0.3 is 14.7 Å². The summed E-state index contributed by atoms with van der Waals surface area (Å²) in [6, 6.07) is -0.283. The molecule has 3 heterocycles. The Hall–Kier alpha value is -1.64. The van der Waals surface area contributed by atoms with E-state index in [1.807, 2.05) is 0 Å². The first kappa shape index (κ1) is 17.2. The maximum absolute atomic E-state index is 12.6. The largest absolute Gasteiger partial charge is 0.339 e. The van der Waals surface area contributed by atoms with Crippen molar-refractivity contribution in [2.24, 2.45) is 5.92 Å². The number of nitrogens with zero attached hydrogens (tertiary/aromatic N) is 3. The van der Waals surface area contributed by atoms with Gasteiger partial charge in [-0.2, -0.15) is 0 Å². The highest BCUT2D eigenvalue weighted by molar-refractivity contribution is 7.91. The van der Waals surface area contributed by atoms with Crippen molar-refractivity contribution in [2.75, 3.05) is 44.2 Å². The monoisotopic (exact) mass is 357 g/mol. The molecule has 0 aromatic carbocycles. The van der Waals surface area contributed by atoms with Crippen LogP contribution < -0.4 is 0 Å². The van der Waals surface area contributed by atoms with Crippen molar-refractivity contribution >= 4 is 27.6 Å². The lowest BCUT2D eigenvalue weighted by molar-refractivity contribution is -0.141. The zero-order valence-electron chi connectivity index (χ0n) is 13.8. The maximum atomic E-state index is 12.6. The van der Waals surface area contributed by atoms with E-state index in [4.69, 9.17) is 0 Å². The molecule has 0 spiro atoms. The Balaban J connectivity index is 1.58. The lowest BCUT2D eigenvalue weighted by Gasteiger charge is -2.35. The number of likely N-dealkylation sites (tertiary alicyclic amines) is 1.